The van der Waals surface area contributed by atoms with Crippen molar-refractivity contribution in [3.8, 4) is 5.75 Å². The Morgan fingerprint density at radius 1 is 1.50 bits per heavy atom. The van der Waals surface area contributed by atoms with E-state index in [0.717, 1.165) is 5.56 Å². The number of amides is 1. The first-order valence-corrected chi connectivity index (χ1v) is 5.08. The predicted octanol–water partition coefficient (Wildman–Crippen LogP) is 0.330. The summed E-state index contributed by atoms with van der Waals surface area (Å²) >= 11 is 0. The van der Waals surface area contributed by atoms with Crippen molar-refractivity contribution in [2.24, 2.45) is 5.73 Å². The lowest BCUT2D eigenvalue weighted by molar-refractivity contribution is -0.134. The first kappa shape index (κ1) is 12.5. The number of nitrogens with one attached hydrogen (secondary N) is 1. The summed E-state index contributed by atoms with van der Waals surface area (Å²) in [5.74, 6) is -0.161. The highest BCUT2D eigenvalue weighted by atomic mass is 16.6. The summed E-state index contributed by atoms with van der Waals surface area (Å²) in [6.07, 6.45) is 0.402. The van der Waals surface area contributed by atoms with Gasteiger partial charge in [-0.3, -0.25) is 9.63 Å². The summed E-state index contributed by atoms with van der Waals surface area (Å²) in [5, 5.41) is 9.09. The Morgan fingerprint density at radius 2 is 2.12 bits per heavy atom. The molecule has 0 heterocycles. The van der Waals surface area contributed by atoms with Crippen LogP contribution >= 0.6 is 0 Å². The highest BCUT2D eigenvalue weighted by Crippen LogP contribution is 2.10. The number of phenols is 1. The predicted molar refractivity (Wildman–Crippen MR) is 59.6 cm³/mol. The summed E-state index contributed by atoms with van der Waals surface area (Å²) in [5.41, 5.74) is 8.81. The number of phenolic OH excluding ortho intramolecular Hbond substituents is 1. The summed E-state index contributed by atoms with van der Waals surface area (Å²) in [4.78, 5) is 16.1. The molecule has 1 aromatic carbocycles. The van der Waals surface area contributed by atoms with Crippen molar-refractivity contribution < 1.29 is 14.7 Å². The molecule has 0 aliphatic carbocycles. The van der Waals surface area contributed by atoms with Gasteiger partial charge in [0.05, 0.1) is 12.6 Å². The van der Waals surface area contributed by atoms with Gasteiger partial charge in [0.25, 0.3) is 5.91 Å². The molecule has 0 aromatic heterocycles. The molecule has 0 aliphatic rings. The van der Waals surface area contributed by atoms with Crippen LogP contribution < -0.4 is 11.2 Å². The van der Waals surface area contributed by atoms with E-state index < -0.39 is 6.04 Å². The lowest BCUT2D eigenvalue weighted by Crippen LogP contribution is -2.41. The normalized spacial score (nSPS) is 12.1. The van der Waals surface area contributed by atoms with Crippen LogP contribution in [0.5, 0.6) is 5.75 Å². The molecule has 5 heteroatoms. The van der Waals surface area contributed by atoms with Gasteiger partial charge in [-0.1, -0.05) is 12.1 Å². The van der Waals surface area contributed by atoms with Crippen molar-refractivity contribution in [3.05, 3.63) is 29.8 Å². The van der Waals surface area contributed by atoms with Crippen LogP contribution in [0.2, 0.25) is 0 Å². The maximum atomic E-state index is 11.4. The van der Waals surface area contributed by atoms with E-state index in [-0.39, 0.29) is 11.7 Å². The number of nitrogens with two attached hydrogens (primary N) is 1. The number of hydrogen-bond donors (Lipinski definition) is 3. The molecule has 1 amide bonds. The second-order valence-electron chi connectivity index (χ2n) is 3.38. The lowest BCUT2D eigenvalue weighted by atomic mass is 10.1. The fourth-order valence-corrected chi connectivity index (χ4v) is 1.20. The molecule has 5 nitrogen and oxygen atoms in total. The number of aromatic hydroxyl groups is 1. The van der Waals surface area contributed by atoms with Gasteiger partial charge in [-0.05, 0) is 31.0 Å². The average Bonchev–Trinajstić information content (AvgIpc) is 2.29. The third-order valence-corrected chi connectivity index (χ3v) is 2.05. The molecular formula is C11H16N2O3. The van der Waals surface area contributed by atoms with Crippen LogP contribution in [0.15, 0.2) is 24.3 Å². The van der Waals surface area contributed by atoms with Crippen molar-refractivity contribution >= 4 is 5.91 Å². The molecule has 0 saturated heterocycles. The first-order chi connectivity index (χ1) is 7.63. The van der Waals surface area contributed by atoms with Gasteiger partial charge in [0, 0.05) is 0 Å². The fraction of sp³-hybridized carbons (Fsp3) is 0.364. The highest BCUT2D eigenvalue weighted by Gasteiger charge is 2.13. The minimum absolute atomic E-state index is 0.191. The standard InChI is InChI=1S/C11H16N2O3/c1-2-16-13-11(15)10(12)7-8-3-5-9(14)6-4-8/h3-6,10,14H,2,7,12H2,1H3,(H,13,15)/t10-/m0/s1. The molecule has 88 valence electrons. The van der Waals surface area contributed by atoms with Crippen LogP contribution in [0, 0.1) is 0 Å². The van der Waals surface area contributed by atoms with Crippen LogP contribution in [0.1, 0.15) is 12.5 Å². The number of benzene rings is 1. The summed E-state index contributed by atoms with van der Waals surface area (Å²) in [7, 11) is 0. The number of carbonyl (C=O) groups is 1. The molecule has 1 rings (SSSR count). The monoisotopic (exact) mass is 224 g/mol. The zero-order valence-corrected chi connectivity index (χ0v) is 9.14. The van der Waals surface area contributed by atoms with E-state index in [0.29, 0.717) is 13.0 Å². The molecule has 0 radical (unpaired) electrons. The largest absolute Gasteiger partial charge is 0.508 e. The molecular weight excluding hydrogens is 208 g/mol. The molecule has 0 bridgehead atoms. The van der Waals surface area contributed by atoms with Crippen molar-refractivity contribution in [2.45, 2.75) is 19.4 Å². The Labute approximate surface area is 94.2 Å². The third kappa shape index (κ3) is 3.88. The first-order valence-electron chi connectivity index (χ1n) is 5.08. The van der Waals surface area contributed by atoms with Crippen molar-refractivity contribution in [2.75, 3.05) is 6.61 Å². The Bertz CT molecular complexity index is 338. The Morgan fingerprint density at radius 3 is 2.69 bits per heavy atom. The SMILES string of the molecule is CCONC(=O)[C@@H](N)Cc1ccc(O)cc1. The van der Waals surface area contributed by atoms with Crippen LogP contribution in [0.25, 0.3) is 0 Å². The molecule has 0 spiro atoms. The van der Waals surface area contributed by atoms with Gasteiger partial charge >= 0.3 is 0 Å². The quantitative estimate of drug-likeness (QED) is 0.629. The Kier molecular flexibility index (Phi) is 4.75. The van der Waals surface area contributed by atoms with Crippen LogP contribution in [0.3, 0.4) is 0 Å². The second-order valence-corrected chi connectivity index (χ2v) is 3.38. The number of hydroxylamine groups is 1. The molecule has 0 unspecified atom stereocenters. The molecule has 0 saturated carbocycles. The maximum Gasteiger partial charge on any atom is 0.260 e. The van der Waals surface area contributed by atoms with E-state index in [4.69, 9.17) is 15.7 Å². The fourth-order valence-electron chi connectivity index (χ4n) is 1.20. The minimum Gasteiger partial charge on any atom is -0.508 e. The van der Waals surface area contributed by atoms with E-state index in [2.05, 4.69) is 5.48 Å². The van der Waals surface area contributed by atoms with Crippen LogP contribution in [-0.4, -0.2) is 23.7 Å². The van der Waals surface area contributed by atoms with Gasteiger partial charge in [-0.2, -0.15) is 0 Å². The zero-order valence-electron chi connectivity index (χ0n) is 9.14. The van der Waals surface area contributed by atoms with Gasteiger partial charge in [0.15, 0.2) is 0 Å². The second kappa shape index (κ2) is 6.09. The number of hydrogen-bond acceptors (Lipinski definition) is 4. The molecule has 16 heavy (non-hydrogen) atoms. The van der Waals surface area contributed by atoms with Crippen LogP contribution in [-0.2, 0) is 16.1 Å². The molecule has 1 aromatic rings. The Hall–Kier alpha value is -1.59. The van der Waals surface area contributed by atoms with Gasteiger partial charge in [0.2, 0.25) is 0 Å². The van der Waals surface area contributed by atoms with E-state index in [1.54, 1.807) is 31.2 Å². The summed E-state index contributed by atoms with van der Waals surface area (Å²) < 4.78 is 0. The lowest BCUT2D eigenvalue weighted by Gasteiger charge is -2.11. The van der Waals surface area contributed by atoms with Crippen molar-refractivity contribution in [3.63, 3.8) is 0 Å². The van der Waals surface area contributed by atoms with Gasteiger partial charge in [0.1, 0.15) is 5.75 Å². The van der Waals surface area contributed by atoms with E-state index in [1.165, 1.54) is 0 Å². The topological polar surface area (TPSA) is 84.6 Å². The maximum absolute atomic E-state index is 11.4. The highest BCUT2D eigenvalue weighted by molar-refractivity contribution is 5.80. The van der Waals surface area contributed by atoms with Gasteiger partial charge < -0.3 is 10.8 Å². The van der Waals surface area contributed by atoms with Crippen LogP contribution in [0.4, 0.5) is 0 Å². The van der Waals surface area contributed by atoms with Crippen molar-refractivity contribution in [1.82, 2.24) is 5.48 Å². The van der Waals surface area contributed by atoms with E-state index in [9.17, 15) is 4.79 Å². The summed E-state index contributed by atoms with van der Waals surface area (Å²) in [6.45, 7) is 2.17. The third-order valence-electron chi connectivity index (χ3n) is 2.05. The van der Waals surface area contributed by atoms with Gasteiger partial charge in [-0.15, -0.1) is 0 Å². The summed E-state index contributed by atoms with van der Waals surface area (Å²) in [6, 6.07) is 5.91. The van der Waals surface area contributed by atoms with E-state index in [1.807, 2.05) is 0 Å². The molecule has 0 aliphatic heterocycles. The average molecular weight is 224 g/mol. The number of carbonyl (C=O) groups excluding carboxylic acids is 1. The molecule has 4 N–H and O–H groups in total. The van der Waals surface area contributed by atoms with Gasteiger partial charge in [-0.25, -0.2) is 5.48 Å². The van der Waals surface area contributed by atoms with Crippen molar-refractivity contribution in [1.29, 1.82) is 0 Å². The molecule has 0 fully saturated rings. The number of rotatable bonds is 5. The minimum atomic E-state index is -0.656. The van der Waals surface area contributed by atoms with E-state index >= 15 is 0 Å². The zero-order chi connectivity index (χ0) is 12.0. The molecule has 1 atom stereocenters. The smallest absolute Gasteiger partial charge is 0.260 e. The Balaban J connectivity index is 2.47.